The number of methoxy groups -OCH3 is 1. The van der Waals surface area contributed by atoms with Gasteiger partial charge in [-0.05, 0) is 10.4 Å². The number of amides is 1. The molecule has 0 saturated heterocycles. The maximum atomic E-state index is 11.4. The third-order valence-electron chi connectivity index (χ3n) is 1.66. The smallest absolute Gasteiger partial charge is 0.328 e. The van der Waals surface area contributed by atoms with Gasteiger partial charge in [0.15, 0.2) is 6.04 Å². The number of carbonyl (C=O) groups is 2. The Balaban J connectivity index is 2.45. The second-order valence-corrected chi connectivity index (χ2v) is 2.92. The normalized spacial score (nSPS) is 12.1. The molecule has 0 saturated carbocycles. The van der Waals surface area contributed by atoms with Gasteiger partial charge in [-0.3, -0.25) is 4.79 Å². The van der Waals surface area contributed by atoms with E-state index in [4.69, 9.17) is 5.11 Å². The number of ether oxygens (including phenoxy) is 1. The number of hydrogen-bond donors (Lipinski definition) is 2. The summed E-state index contributed by atoms with van der Waals surface area (Å²) in [6, 6.07) is -1.08. The van der Waals surface area contributed by atoms with E-state index in [-0.39, 0.29) is 13.2 Å². The molecule has 88 valence electrons. The molecule has 9 nitrogen and oxygen atoms in total. The van der Waals surface area contributed by atoms with Crippen LogP contribution in [0.5, 0.6) is 0 Å². The van der Waals surface area contributed by atoms with Crippen molar-refractivity contribution in [3.8, 4) is 0 Å². The molecule has 0 spiro atoms. The highest BCUT2D eigenvalue weighted by Crippen LogP contribution is 1.87. The molecule has 2 N–H and O–H groups in total. The highest BCUT2D eigenvalue weighted by atomic mass is 16.5. The van der Waals surface area contributed by atoms with Crippen LogP contribution in [0.4, 0.5) is 0 Å². The molecule has 0 bridgehead atoms. The second kappa shape index (κ2) is 5.75. The Hall–Kier alpha value is -2.03. The fraction of sp³-hybridized carbons (Fsp3) is 0.571. The van der Waals surface area contributed by atoms with Crippen molar-refractivity contribution in [1.29, 1.82) is 0 Å². The van der Waals surface area contributed by atoms with E-state index in [9.17, 15) is 9.59 Å². The van der Waals surface area contributed by atoms with E-state index in [0.717, 1.165) is 0 Å². The van der Waals surface area contributed by atoms with Crippen molar-refractivity contribution in [3.05, 3.63) is 6.33 Å². The molecule has 9 heteroatoms. The lowest BCUT2D eigenvalue weighted by Crippen LogP contribution is -2.45. The van der Waals surface area contributed by atoms with Gasteiger partial charge in [0.05, 0.1) is 6.61 Å². The van der Waals surface area contributed by atoms with E-state index in [1.54, 1.807) is 0 Å². The molecule has 1 aromatic heterocycles. The van der Waals surface area contributed by atoms with Crippen molar-refractivity contribution in [2.75, 3.05) is 13.7 Å². The Bertz CT molecular complexity index is 352. The van der Waals surface area contributed by atoms with E-state index in [0.29, 0.717) is 0 Å². The zero-order valence-electron chi connectivity index (χ0n) is 8.53. The van der Waals surface area contributed by atoms with Crippen LogP contribution in [0.3, 0.4) is 0 Å². The number of carbonyl (C=O) groups excluding carboxylic acids is 1. The lowest BCUT2D eigenvalue weighted by atomic mass is 10.3. The molecule has 0 aliphatic carbocycles. The van der Waals surface area contributed by atoms with Gasteiger partial charge >= 0.3 is 5.97 Å². The summed E-state index contributed by atoms with van der Waals surface area (Å²) in [6.07, 6.45) is 1.26. The molecule has 16 heavy (non-hydrogen) atoms. The molecule has 1 atom stereocenters. The first kappa shape index (κ1) is 12.0. The average molecular weight is 229 g/mol. The lowest BCUT2D eigenvalue weighted by Gasteiger charge is -2.12. The van der Waals surface area contributed by atoms with E-state index in [1.807, 2.05) is 0 Å². The minimum Gasteiger partial charge on any atom is -0.480 e. The number of rotatable bonds is 6. The third-order valence-corrected chi connectivity index (χ3v) is 1.66. The SMILES string of the molecule is COCC(NC(=O)Cn1cnnn1)C(=O)O. The summed E-state index contributed by atoms with van der Waals surface area (Å²) in [6.45, 7) is -0.239. The molecule has 1 aromatic rings. The molecular formula is C7H11N5O4. The fourth-order valence-corrected chi connectivity index (χ4v) is 0.981. The molecule has 1 rings (SSSR count). The van der Waals surface area contributed by atoms with Crippen LogP contribution in [0, 0.1) is 0 Å². The summed E-state index contributed by atoms with van der Waals surface area (Å²) in [5.41, 5.74) is 0. The summed E-state index contributed by atoms with van der Waals surface area (Å²) in [5, 5.41) is 21.2. The van der Waals surface area contributed by atoms with Crippen molar-refractivity contribution in [3.63, 3.8) is 0 Å². The van der Waals surface area contributed by atoms with Crippen LogP contribution >= 0.6 is 0 Å². The van der Waals surface area contributed by atoms with Gasteiger partial charge in [0.1, 0.15) is 12.9 Å². The Kier molecular flexibility index (Phi) is 4.33. The maximum absolute atomic E-state index is 11.4. The Morgan fingerprint density at radius 1 is 1.62 bits per heavy atom. The van der Waals surface area contributed by atoms with Crippen LogP contribution < -0.4 is 5.32 Å². The predicted molar refractivity (Wildman–Crippen MR) is 49.3 cm³/mol. The predicted octanol–water partition coefficient (Wildman–Crippen LogP) is -2.11. The monoisotopic (exact) mass is 229 g/mol. The molecule has 1 amide bonds. The first-order chi connectivity index (χ1) is 7.63. The van der Waals surface area contributed by atoms with Gasteiger partial charge < -0.3 is 15.2 Å². The van der Waals surface area contributed by atoms with E-state index in [1.165, 1.54) is 18.1 Å². The molecular weight excluding hydrogens is 218 g/mol. The first-order valence-corrected chi connectivity index (χ1v) is 4.35. The van der Waals surface area contributed by atoms with Crippen LogP contribution in [0.15, 0.2) is 6.33 Å². The summed E-state index contributed by atoms with van der Waals surface area (Å²) < 4.78 is 5.84. The van der Waals surface area contributed by atoms with E-state index < -0.39 is 17.9 Å². The van der Waals surface area contributed by atoms with Gasteiger partial charge in [-0.2, -0.15) is 0 Å². The third kappa shape index (κ3) is 3.61. The first-order valence-electron chi connectivity index (χ1n) is 4.35. The van der Waals surface area contributed by atoms with Gasteiger partial charge in [0.2, 0.25) is 5.91 Å². The maximum Gasteiger partial charge on any atom is 0.328 e. The van der Waals surface area contributed by atoms with Crippen LogP contribution in [-0.2, 0) is 20.9 Å². The molecule has 1 unspecified atom stereocenters. The summed E-state index contributed by atoms with van der Waals surface area (Å²) in [4.78, 5) is 22.0. The molecule has 0 radical (unpaired) electrons. The Morgan fingerprint density at radius 3 is 2.88 bits per heavy atom. The Labute approximate surface area is 90.4 Å². The molecule has 0 aliphatic rings. The van der Waals surface area contributed by atoms with Crippen molar-refractivity contribution in [1.82, 2.24) is 25.5 Å². The summed E-state index contributed by atoms with van der Waals surface area (Å²) in [7, 11) is 1.35. The van der Waals surface area contributed by atoms with Gasteiger partial charge in [-0.25, -0.2) is 9.48 Å². The van der Waals surface area contributed by atoms with Crippen molar-refractivity contribution in [2.24, 2.45) is 0 Å². The number of aromatic nitrogens is 4. The van der Waals surface area contributed by atoms with Gasteiger partial charge in [-0.1, -0.05) is 0 Å². The summed E-state index contributed by atoms with van der Waals surface area (Å²) in [5.74, 6) is -1.66. The molecule has 0 aromatic carbocycles. The fourth-order valence-electron chi connectivity index (χ4n) is 0.981. The minimum atomic E-state index is -1.16. The highest BCUT2D eigenvalue weighted by molar-refractivity contribution is 5.83. The van der Waals surface area contributed by atoms with Crippen LogP contribution in [0.1, 0.15) is 0 Å². The van der Waals surface area contributed by atoms with Crippen LogP contribution in [0.2, 0.25) is 0 Å². The number of aliphatic carboxylic acids is 1. The number of carboxylic acid groups (broad SMARTS) is 1. The number of carboxylic acids is 1. The van der Waals surface area contributed by atoms with Crippen molar-refractivity contribution in [2.45, 2.75) is 12.6 Å². The van der Waals surface area contributed by atoms with Crippen LogP contribution in [0.25, 0.3) is 0 Å². The topological polar surface area (TPSA) is 119 Å². The largest absolute Gasteiger partial charge is 0.480 e. The van der Waals surface area contributed by atoms with E-state index in [2.05, 4.69) is 25.6 Å². The minimum absolute atomic E-state index is 0.101. The quantitative estimate of drug-likeness (QED) is 0.572. The Morgan fingerprint density at radius 2 is 2.38 bits per heavy atom. The number of nitrogens with zero attached hydrogens (tertiary/aromatic N) is 4. The van der Waals surface area contributed by atoms with Gasteiger partial charge in [0, 0.05) is 7.11 Å². The van der Waals surface area contributed by atoms with Crippen molar-refractivity contribution < 1.29 is 19.4 Å². The number of tetrazole rings is 1. The zero-order chi connectivity index (χ0) is 12.0. The average Bonchev–Trinajstić information content (AvgIpc) is 2.69. The zero-order valence-corrected chi connectivity index (χ0v) is 8.53. The van der Waals surface area contributed by atoms with E-state index >= 15 is 0 Å². The molecule has 1 heterocycles. The standard InChI is InChI=1S/C7H11N5O4/c1-16-3-5(7(14)15)9-6(13)2-12-4-8-10-11-12/h4-5H,2-3H2,1H3,(H,9,13)(H,14,15). The van der Waals surface area contributed by atoms with Gasteiger partial charge in [-0.15, -0.1) is 5.10 Å². The lowest BCUT2D eigenvalue weighted by molar-refractivity contribution is -0.143. The molecule has 0 aliphatic heterocycles. The van der Waals surface area contributed by atoms with Gasteiger partial charge in [0.25, 0.3) is 0 Å². The number of hydrogen-bond acceptors (Lipinski definition) is 6. The number of nitrogens with one attached hydrogen (secondary N) is 1. The summed E-state index contributed by atoms with van der Waals surface area (Å²) >= 11 is 0. The second-order valence-electron chi connectivity index (χ2n) is 2.92. The highest BCUT2D eigenvalue weighted by Gasteiger charge is 2.19. The van der Waals surface area contributed by atoms with Crippen molar-refractivity contribution >= 4 is 11.9 Å². The van der Waals surface area contributed by atoms with Crippen LogP contribution in [-0.4, -0.2) is 56.9 Å². The molecule has 0 fully saturated rings.